The molecule has 0 bridgehead atoms. The van der Waals surface area contributed by atoms with E-state index in [0.29, 0.717) is 17.2 Å². The Kier molecular flexibility index (Phi) is 7.62. The van der Waals surface area contributed by atoms with Crippen LogP contribution in [0, 0.1) is 17.0 Å². The Labute approximate surface area is 173 Å². The predicted molar refractivity (Wildman–Crippen MR) is 110 cm³/mol. The van der Waals surface area contributed by atoms with Crippen LogP contribution in [0.25, 0.3) is 0 Å². The first-order chi connectivity index (χ1) is 14.2. The van der Waals surface area contributed by atoms with E-state index in [0.717, 1.165) is 5.56 Å². The molecule has 2 rings (SSSR count). The molecule has 2 aromatic carbocycles. The highest BCUT2D eigenvalue weighted by atomic mass is 16.6. The largest absolute Gasteiger partial charge is 0.454 e. The monoisotopic (exact) mass is 413 g/mol. The zero-order valence-corrected chi connectivity index (χ0v) is 16.9. The van der Waals surface area contributed by atoms with Gasteiger partial charge in [0.15, 0.2) is 6.61 Å². The van der Waals surface area contributed by atoms with Crippen molar-refractivity contribution in [2.75, 3.05) is 18.5 Å². The van der Waals surface area contributed by atoms with Crippen LogP contribution in [0.4, 0.5) is 11.4 Å². The van der Waals surface area contributed by atoms with Crippen LogP contribution in [0.2, 0.25) is 0 Å². The molecule has 0 spiro atoms. The lowest BCUT2D eigenvalue weighted by Gasteiger charge is -2.09. The smallest absolute Gasteiger partial charge is 0.325 e. The van der Waals surface area contributed by atoms with Gasteiger partial charge in [0.1, 0.15) is 6.54 Å². The number of aryl methyl sites for hydroxylation is 1. The van der Waals surface area contributed by atoms with Crippen molar-refractivity contribution in [1.29, 1.82) is 0 Å². The zero-order valence-electron chi connectivity index (χ0n) is 16.9. The number of rotatable bonds is 8. The number of benzene rings is 2. The molecule has 0 aliphatic carbocycles. The van der Waals surface area contributed by atoms with Gasteiger partial charge in [0.25, 0.3) is 17.5 Å². The van der Waals surface area contributed by atoms with E-state index in [-0.39, 0.29) is 11.3 Å². The Bertz CT molecular complexity index is 954. The zero-order chi connectivity index (χ0) is 22.3. The molecule has 0 radical (unpaired) electrons. The molecule has 2 aromatic rings. The summed E-state index contributed by atoms with van der Waals surface area (Å²) in [6.07, 6.45) is 0. The van der Waals surface area contributed by atoms with Gasteiger partial charge in [-0.25, -0.2) is 0 Å². The fourth-order valence-electron chi connectivity index (χ4n) is 2.60. The van der Waals surface area contributed by atoms with Crippen LogP contribution in [0.15, 0.2) is 42.5 Å². The average molecular weight is 413 g/mol. The molecule has 9 heteroatoms. The molecule has 30 heavy (non-hydrogen) atoms. The van der Waals surface area contributed by atoms with Gasteiger partial charge < -0.3 is 15.4 Å². The number of nitrogens with one attached hydrogen (secondary N) is 2. The maximum absolute atomic E-state index is 12.1. The molecule has 0 fully saturated rings. The van der Waals surface area contributed by atoms with Crippen molar-refractivity contribution in [3.8, 4) is 0 Å². The standard InChI is InChI=1S/C21H23N3O6/c1-13(2)15-4-7-17(8-5-15)23-19(25)12-30-20(26)11-22-21(27)16-6-9-18(24(28)29)14(3)10-16/h4-10,13H,11-12H2,1-3H3,(H,22,27)(H,23,25). The number of hydrogen-bond acceptors (Lipinski definition) is 6. The molecule has 0 aliphatic rings. The van der Waals surface area contributed by atoms with Crippen molar-refractivity contribution < 1.29 is 24.0 Å². The van der Waals surface area contributed by atoms with Crippen LogP contribution in [0.1, 0.15) is 41.3 Å². The van der Waals surface area contributed by atoms with E-state index in [4.69, 9.17) is 4.74 Å². The fraction of sp³-hybridized carbons (Fsp3) is 0.286. The van der Waals surface area contributed by atoms with Crippen molar-refractivity contribution in [1.82, 2.24) is 5.32 Å². The predicted octanol–water partition coefficient (Wildman–Crippen LogP) is 2.94. The van der Waals surface area contributed by atoms with Gasteiger partial charge in [-0.3, -0.25) is 24.5 Å². The SMILES string of the molecule is Cc1cc(C(=O)NCC(=O)OCC(=O)Nc2ccc(C(C)C)cc2)ccc1[N+](=O)[O-]. The van der Waals surface area contributed by atoms with Gasteiger partial charge in [-0.2, -0.15) is 0 Å². The van der Waals surface area contributed by atoms with Crippen LogP contribution in [-0.2, 0) is 14.3 Å². The molecule has 0 aliphatic heterocycles. The molecule has 2 N–H and O–H groups in total. The highest BCUT2D eigenvalue weighted by molar-refractivity contribution is 5.97. The molecule has 0 saturated carbocycles. The van der Waals surface area contributed by atoms with Crippen molar-refractivity contribution in [2.24, 2.45) is 0 Å². The van der Waals surface area contributed by atoms with Crippen LogP contribution in [-0.4, -0.2) is 35.9 Å². The first-order valence-corrected chi connectivity index (χ1v) is 9.26. The fourth-order valence-corrected chi connectivity index (χ4v) is 2.60. The quantitative estimate of drug-likeness (QED) is 0.389. The molecule has 0 heterocycles. The second kappa shape index (κ2) is 10.1. The van der Waals surface area contributed by atoms with Crippen LogP contribution >= 0.6 is 0 Å². The molecular weight excluding hydrogens is 390 g/mol. The lowest BCUT2D eigenvalue weighted by Crippen LogP contribution is -2.32. The number of nitro benzene ring substituents is 1. The summed E-state index contributed by atoms with van der Waals surface area (Å²) in [6, 6.07) is 11.2. The number of hydrogen-bond donors (Lipinski definition) is 2. The van der Waals surface area contributed by atoms with Crippen molar-refractivity contribution in [3.63, 3.8) is 0 Å². The molecule has 0 atom stereocenters. The Hall–Kier alpha value is -3.75. The number of carbonyl (C=O) groups excluding carboxylic acids is 3. The minimum atomic E-state index is -0.785. The number of anilines is 1. The maximum atomic E-state index is 12.1. The third-order valence-electron chi connectivity index (χ3n) is 4.27. The summed E-state index contributed by atoms with van der Waals surface area (Å²) in [5, 5.41) is 15.8. The first-order valence-electron chi connectivity index (χ1n) is 9.26. The van der Waals surface area contributed by atoms with Gasteiger partial charge in [-0.1, -0.05) is 26.0 Å². The van der Waals surface area contributed by atoms with Crippen LogP contribution in [0.3, 0.4) is 0 Å². The highest BCUT2D eigenvalue weighted by Gasteiger charge is 2.15. The van der Waals surface area contributed by atoms with E-state index < -0.39 is 35.9 Å². The van der Waals surface area contributed by atoms with Crippen LogP contribution in [0.5, 0.6) is 0 Å². The number of esters is 1. The van der Waals surface area contributed by atoms with Gasteiger partial charge >= 0.3 is 5.97 Å². The Balaban J connectivity index is 1.77. The van der Waals surface area contributed by atoms with Gasteiger partial charge in [0.05, 0.1) is 4.92 Å². The van der Waals surface area contributed by atoms with E-state index in [1.54, 1.807) is 12.1 Å². The van der Waals surface area contributed by atoms with E-state index in [2.05, 4.69) is 24.5 Å². The van der Waals surface area contributed by atoms with E-state index in [1.807, 2.05) is 12.1 Å². The van der Waals surface area contributed by atoms with E-state index in [1.165, 1.54) is 25.1 Å². The average Bonchev–Trinajstić information content (AvgIpc) is 2.70. The van der Waals surface area contributed by atoms with E-state index in [9.17, 15) is 24.5 Å². The van der Waals surface area contributed by atoms with Gasteiger partial charge in [-0.05, 0) is 42.7 Å². The number of amides is 2. The van der Waals surface area contributed by atoms with Crippen LogP contribution < -0.4 is 10.6 Å². The minimum Gasteiger partial charge on any atom is -0.454 e. The van der Waals surface area contributed by atoms with Crippen molar-refractivity contribution in [2.45, 2.75) is 26.7 Å². The Morgan fingerprint density at radius 1 is 1.10 bits per heavy atom. The second-order valence-corrected chi connectivity index (χ2v) is 6.93. The summed E-state index contributed by atoms with van der Waals surface area (Å²) in [7, 11) is 0. The second-order valence-electron chi connectivity index (χ2n) is 6.93. The van der Waals surface area contributed by atoms with Gasteiger partial charge in [-0.15, -0.1) is 0 Å². The third kappa shape index (κ3) is 6.40. The summed E-state index contributed by atoms with van der Waals surface area (Å²) in [4.78, 5) is 46.0. The van der Waals surface area contributed by atoms with Gasteiger partial charge in [0.2, 0.25) is 0 Å². The summed E-state index contributed by atoms with van der Waals surface area (Å²) >= 11 is 0. The molecular formula is C21H23N3O6. The topological polar surface area (TPSA) is 128 Å². The molecule has 158 valence electrons. The van der Waals surface area contributed by atoms with Crippen molar-refractivity contribution >= 4 is 29.2 Å². The molecule has 0 saturated heterocycles. The lowest BCUT2D eigenvalue weighted by atomic mass is 10.0. The molecule has 2 amide bonds. The summed E-state index contributed by atoms with van der Waals surface area (Å²) in [5.41, 5.74) is 2.12. The molecule has 0 unspecified atom stereocenters. The first kappa shape index (κ1) is 22.5. The summed E-state index contributed by atoms with van der Waals surface area (Å²) in [5.74, 6) is -1.49. The summed E-state index contributed by atoms with van der Waals surface area (Å²) in [6.45, 7) is 4.71. The third-order valence-corrected chi connectivity index (χ3v) is 4.27. The van der Waals surface area contributed by atoms with E-state index >= 15 is 0 Å². The highest BCUT2D eigenvalue weighted by Crippen LogP contribution is 2.19. The number of nitrogens with zero attached hydrogens (tertiary/aromatic N) is 1. The maximum Gasteiger partial charge on any atom is 0.325 e. The Morgan fingerprint density at radius 2 is 1.77 bits per heavy atom. The number of nitro groups is 1. The number of carbonyl (C=O) groups is 3. The lowest BCUT2D eigenvalue weighted by molar-refractivity contribution is -0.385. The Morgan fingerprint density at radius 3 is 2.33 bits per heavy atom. The normalized spacial score (nSPS) is 10.4. The summed E-state index contributed by atoms with van der Waals surface area (Å²) < 4.78 is 4.84. The van der Waals surface area contributed by atoms with Gasteiger partial charge in [0, 0.05) is 22.9 Å². The van der Waals surface area contributed by atoms with Crippen molar-refractivity contribution in [3.05, 3.63) is 69.3 Å². The molecule has 0 aromatic heterocycles. The minimum absolute atomic E-state index is 0.101. The number of ether oxygens (including phenoxy) is 1. The molecule has 9 nitrogen and oxygen atoms in total.